The van der Waals surface area contributed by atoms with Gasteiger partial charge in [0.05, 0.1) is 12.8 Å². The van der Waals surface area contributed by atoms with E-state index in [1.807, 2.05) is 0 Å². The largest absolute Gasteiger partial charge is 0.481 e. The molecular formula is C12H22O9. The summed E-state index contributed by atoms with van der Waals surface area (Å²) in [5.41, 5.74) is 0. The fraction of sp³-hybridized carbons (Fsp3) is 0.667. The van der Waals surface area contributed by atoms with E-state index < -0.39 is 24.2 Å². The number of aliphatic carboxylic acids is 3. The van der Waals surface area contributed by atoms with Gasteiger partial charge in [0, 0.05) is 19.8 Å². The molecule has 0 rings (SSSR count). The second-order valence-corrected chi connectivity index (χ2v) is 3.51. The van der Waals surface area contributed by atoms with E-state index in [1.54, 1.807) is 13.8 Å². The molecule has 9 nitrogen and oxygen atoms in total. The van der Waals surface area contributed by atoms with Crippen LogP contribution in [-0.4, -0.2) is 50.6 Å². The van der Waals surface area contributed by atoms with Crippen LogP contribution < -0.4 is 0 Å². The van der Waals surface area contributed by atoms with Gasteiger partial charge >= 0.3 is 17.9 Å². The highest BCUT2D eigenvalue weighted by Gasteiger charge is 2.04. The summed E-state index contributed by atoms with van der Waals surface area (Å²) in [5.74, 6) is -3.34. The first-order valence-electron chi connectivity index (χ1n) is 6.07. The van der Waals surface area contributed by atoms with Crippen molar-refractivity contribution in [2.45, 2.75) is 52.7 Å². The maximum Gasteiger partial charge on any atom is 0.307 e. The van der Waals surface area contributed by atoms with Crippen molar-refractivity contribution < 1.29 is 44.3 Å². The predicted octanol–water partition coefficient (Wildman–Crippen LogP) is 0.695. The summed E-state index contributed by atoms with van der Waals surface area (Å²) in [6.45, 7) is 4.51. The van der Waals surface area contributed by atoms with E-state index in [0.29, 0.717) is 12.8 Å². The maximum absolute atomic E-state index is 10.4. The Labute approximate surface area is 122 Å². The maximum atomic E-state index is 10.4. The van der Waals surface area contributed by atoms with Gasteiger partial charge in [0.25, 0.3) is 5.97 Å². The van der Waals surface area contributed by atoms with Gasteiger partial charge in [-0.1, -0.05) is 13.8 Å². The van der Waals surface area contributed by atoms with Gasteiger partial charge in [-0.25, -0.2) is 0 Å². The first-order valence-corrected chi connectivity index (χ1v) is 6.07. The topological polar surface area (TPSA) is 158 Å². The molecule has 0 aliphatic heterocycles. The quantitative estimate of drug-likeness (QED) is 0.409. The number of carbonyl (C=O) groups is 4. The zero-order chi connectivity index (χ0) is 17.4. The molecule has 21 heavy (non-hydrogen) atoms. The normalized spacial score (nSPS) is 9.90. The first kappa shape index (κ1) is 23.9. The lowest BCUT2D eigenvalue weighted by molar-refractivity contribution is -0.167. The molecule has 0 aromatic rings. The molecular weight excluding hydrogens is 288 g/mol. The lowest BCUT2D eigenvalue weighted by Crippen LogP contribution is -2.15. The standard InChI is InChI=1S/C6H12O3.C4H6O4.C2H4O2/c1-3-5(7)9-6(8)4-2;5-3(6)1-2-4(7)8;1-2(3)4/h5,7H,3-4H2,1-2H3;1-2H2,(H,5,6)(H,7,8);1H3,(H,3,4). The predicted molar refractivity (Wildman–Crippen MR) is 70.5 cm³/mol. The number of carbonyl (C=O) groups excluding carboxylic acids is 1. The number of rotatable bonds is 6. The molecule has 4 N–H and O–H groups in total. The van der Waals surface area contributed by atoms with Crippen molar-refractivity contribution in [3.05, 3.63) is 0 Å². The van der Waals surface area contributed by atoms with Gasteiger partial charge < -0.3 is 25.2 Å². The molecule has 0 aliphatic carbocycles. The minimum atomic E-state index is -1.08. The van der Waals surface area contributed by atoms with Crippen LogP contribution in [-0.2, 0) is 23.9 Å². The van der Waals surface area contributed by atoms with Gasteiger partial charge in [-0.15, -0.1) is 0 Å². The van der Waals surface area contributed by atoms with Crippen molar-refractivity contribution in [2.24, 2.45) is 0 Å². The number of hydrogen-bond acceptors (Lipinski definition) is 6. The Morgan fingerprint density at radius 2 is 1.29 bits per heavy atom. The van der Waals surface area contributed by atoms with Crippen LogP contribution in [0.4, 0.5) is 0 Å². The third kappa shape index (κ3) is 38.1. The van der Waals surface area contributed by atoms with Crippen LogP contribution in [0.15, 0.2) is 0 Å². The van der Waals surface area contributed by atoms with Crippen LogP contribution >= 0.6 is 0 Å². The van der Waals surface area contributed by atoms with Crippen molar-refractivity contribution >= 4 is 23.9 Å². The SMILES string of the molecule is CC(=O)O.CCC(=O)OC(O)CC.O=C(O)CCC(=O)O. The molecule has 0 aromatic heterocycles. The average Bonchev–Trinajstić information content (AvgIpc) is 2.36. The van der Waals surface area contributed by atoms with Crippen LogP contribution in [0.1, 0.15) is 46.5 Å². The minimum Gasteiger partial charge on any atom is -0.481 e. The van der Waals surface area contributed by atoms with Crippen molar-refractivity contribution in [3.8, 4) is 0 Å². The zero-order valence-corrected chi connectivity index (χ0v) is 12.2. The highest BCUT2D eigenvalue weighted by molar-refractivity contribution is 5.75. The molecule has 0 heterocycles. The number of carboxylic acid groups (broad SMARTS) is 3. The third-order valence-electron chi connectivity index (χ3n) is 1.46. The zero-order valence-electron chi connectivity index (χ0n) is 12.2. The lowest BCUT2D eigenvalue weighted by Gasteiger charge is -2.07. The summed E-state index contributed by atoms with van der Waals surface area (Å²) >= 11 is 0. The van der Waals surface area contributed by atoms with Crippen molar-refractivity contribution in [1.82, 2.24) is 0 Å². The Bertz CT molecular complexity index is 307. The summed E-state index contributed by atoms with van der Waals surface area (Å²) in [7, 11) is 0. The molecule has 0 saturated carbocycles. The van der Waals surface area contributed by atoms with Crippen LogP contribution in [0.3, 0.4) is 0 Å². The monoisotopic (exact) mass is 310 g/mol. The molecule has 124 valence electrons. The van der Waals surface area contributed by atoms with E-state index in [-0.39, 0.29) is 18.8 Å². The van der Waals surface area contributed by atoms with E-state index in [4.69, 9.17) is 25.2 Å². The van der Waals surface area contributed by atoms with E-state index in [9.17, 15) is 14.4 Å². The molecule has 0 radical (unpaired) electrons. The highest BCUT2D eigenvalue weighted by atomic mass is 16.6. The summed E-state index contributed by atoms with van der Waals surface area (Å²) in [6, 6.07) is 0. The lowest BCUT2D eigenvalue weighted by atomic mass is 10.3. The molecule has 0 spiro atoms. The fourth-order valence-electron chi connectivity index (χ4n) is 0.532. The van der Waals surface area contributed by atoms with Gasteiger partial charge in [0.15, 0.2) is 6.29 Å². The first-order chi connectivity index (χ1) is 9.56. The Morgan fingerprint density at radius 3 is 1.48 bits per heavy atom. The molecule has 1 unspecified atom stereocenters. The average molecular weight is 310 g/mol. The van der Waals surface area contributed by atoms with E-state index in [1.165, 1.54) is 0 Å². The molecule has 0 fully saturated rings. The number of aliphatic hydroxyl groups excluding tert-OH is 1. The Balaban J connectivity index is -0.000000249. The third-order valence-corrected chi connectivity index (χ3v) is 1.46. The van der Waals surface area contributed by atoms with Crippen molar-refractivity contribution in [1.29, 1.82) is 0 Å². The van der Waals surface area contributed by atoms with Crippen LogP contribution in [0, 0.1) is 0 Å². The van der Waals surface area contributed by atoms with E-state index >= 15 is 0 Å². The van der Waals surface area contributed by atoms with Gasteiger partial charge in [-0.3, -0.25) is 19.2 Å². The molecule has 0 aliphatic rings. The Morgan fingerprint density at radius 1 is 0.952 bits per heavy atom. The second kappa shape index (κ2) is 15.9. The van der Waals surface area contributed by atoms with Crippen LogP contribution in [0.5, 0.6) is 0 Å². The summed E-state index contributed by atoms with van der Waals surface area (Å²) in [4.78, 5) is 38.7. The van der Waals surface area contributed by atoms with Crippen molar-refractivity contribution in [2.75, 3.05) is 0 Å². The summed E-state index contributed by atoms with van der Waals surface area (Å²) in [6.07, 6.45) is -0.745. The molecule has 0 bridgehead atoms. The van der Waals surface area contributed by atoms with Gasteiger partial charge in [-0.05, 0) is 0 Å². The smallest absolute Gasteiger partial charge is 0.307 e. The summed E-state index contributed by atoms with van der Waals surface area (Å²) < 4.78 is 4.47. The number of hydrogen-bond donors (Lipinski definition) is 4. The molecule has 0 aromatic carbocycles. The van der Waals surface area contributed by atoms with Crippen molar-refractivity contribution in [3.63, 3.8) is 0 Å². The Kier molecular flexibility index (Phi) is 18.1. The highest BCUT2D eigenvalue weighted by Crippen LogP contribution is 1.94. The van der Waals surface area contributed by atoms with Gasteiger partial charge in [0.2, 0.25) is 0 Å². The minimum absolute atomic E-state index is 0.296. The van der Waals surface area contributed by atoms with E-state index in [2.05, 4.69) is 4.74 Å². The number of aliphatic hydroxyl groups is 1. The Hall–Kier alpha value is -2.16. The van der Waals surface area contributed by atoms with Crippen LogP contribution in [0.2, 0.25) is 0 Å². The van der Waals surface area contributed by atoms with Crippen LogP contribution in [0.25, 0.3) is 0 Å². The second-order valence-electron chi connectivity index (χ2n) is 3.51. The van der Waals surface area contributed by atoms with E-state index in [0.717, 1.165) is 6.92 Å². The van der Waals surface area contributed by atoms with Gasteiger partial charge in [-0.2, -0.15) is 0 Å². The number of esters is 1. The van der Waals surface area contributed by atoms with Gasteiger partial charge in [0.1, 0.15) is 0 Å². The summed E-state index contributed by atoms with van der Waals surface area (Å²) in [5, 5.41) is 31.9. The number of carboxylic acids is 3. The fourth-order valence-corrected chi connectivity index (χ4v) is 0.532. The molecule has 9 heteroatoms. The molecule has 1 atom stereocenters. The molecule has 0 saturated heterocycles. The molecule has 0 amide bonds. The number of ether oxygens (including phenoxy) is 1.